The van der Waals surface area contributed by atoms with Crippen molar-refractivity contribution in [3.63, 3.8) is 0 Å². The Kier molecular flexibility index (Phi) is 4.42. The quantitative estimate of drug-likeness (QED) is 0.893. The molecular weight excluding hydrogens is 254 g/mol. The van der Waals surface area contributed by atoms with Crippen molar-refractivity contribution in [1.82, 2.24) is 0 Å². The number of aliphatic carboxylic acids is 1. The Labute approximate surface area is 119 Å². The molecule has 108 valence electrons. The van der Waals surface area contributed by atoms with Crippen LogP contribution in [0.1, 0.15) is 44.1 Å². The van der Waals surface area contributed by atoms with E-state index in [1.165, 1.54) is 0 Å². The van der Waals surface area contributed by atoms with Crippen molar-refractivity contribution >= 4 is 17.6 Å². The third-order valence-electron chi connectivity index (χ3n) is 4.14. The number of aryl methyl sites for hydroxylation is 1. The van der Waals surface area contributed by atoms with Crippen LogP contribution in [0.3, 0.4) is 0 Å². The molecule has 1 aromatic rings. The Morgan fingerprint density at radius 3 is 2.45 bits per heavy atom. The number of carbonyl (C=O) groups excluding carboxylic acids is 2. The van der Waals surface area contributed by atoms with Gasteiger partial charge in [-0.2, -0.15) is 0 Å². The maximum Gasteiger partial charge on any atom is 0.224 e. The molecule has 0 spiro atoms. The molecule has 0 aromatic heterocycles. The van der Waals surface area contributed by atoms with E-state index in [4.69, 9.17) is 0 Å². The van der Waals surface area contributed by atoms with Gasteiger partial charge in [0.25, 0.3) is 0 Å². The molecule has 4 heteroatoms. The first-order valence-electron chi connectivity index (χ1n) is 7.06. The molecule has 0 heterocycles. The van der Waals surface area contributed by atoms with Crippen molar-refractivity contribution < 1.29 is 14.7 Å². The Morgan fingerprint density at radius 2 is 1.85 bits per heavy atom. The van der Waals surface area contributed by atoms with Crippen LogP contribution >= 0.6 is 0 Å². The fraction of sp³-hybridized carbons (Fsp3) is 0.500. The van der Waals surface area contributed by atoms with Crippen LogP contribution in [0, 0.1) is 12.3 Å². The molecule has 1 aliphatic carbocycles. The number of carboxylic acids is 1. The molecule has 1 aromatic carbocycles. The zero-order chi connectivity index (χ0) is 14.6. The zero-order valence-electron chi connectivity index (χ0n) is 11.8. The summed E-state index contributed by atoms with van der Waals surface area (Å²) in [5.74, 6) is -1.17. The highest BCUT2D eigenvalue weighted by Gasteiger charge is 2.36. The molecule has 1 fully saturated rings. The summed E-state index contributed by atoms with van der Waals surface area (Å²) in [6.07, 6.45) is 3.81. The number of carbonyl (C=O) groups is 2. The molecule has 1 amide bonds. The van der Waals surface area contributed by atoms with Crippen LogP contribution in [0.15, 0.2) is 24.3 Å². The van der Waals surface area contributed by atoms with E-state index in [0.717, 1.165) is 36.9 Å². The summed E-state index contributed by atoms with van der Waals surface area (Å²) in [6.45, 7) is 1.93. The molecule has 0 atom stereocenters. The molecule has 0 radical (unpaired) electrons. The van der Waals surface area contributed by atoms with Crippen LogP contribution in [0.5, 0.6) is 0 Å². The molecule has 0 saturated heterocycles. The van der Waals surface area contributed by atoms with Crippen molar-refractivity contribution in [2.75, 3.05) is 5.32 Å². The summed E-state index contributed by atoms with van der Waals surface area (Å²) in [7, 11) is 0. The second-order valence-electron chi connectivity index (χ2n) is 5.80. The first-order chi connectivity index (χ1) is 9.51. The number of para-hydroxylation sites is 1. The van der Waals surface area contributed by atoms with E-state index in [1.54, 1.807) is 0 Å². The maximum absolute atomic E-state index is 12.2. The van der Waals surface area contributed by atoms with E-state index in [2.05, 4.69) is 5.32 Å². The van der Waals surface area contributed by atoms with Crippen LogP contribution in [-0.4, -0.2) is 11.9 Å². The number of carboxylic acid groups (broad SMARTS) is 1. The second kappa shape index (κ2) is 6.07. The molecule has 0 bridgehead atoms. The first-order valence-corrected chi connectivity index (χ1v) is 7.06. The van der Waals surface area contributed by atoms with Crippen LogP contribution in [-0.2, 0) is 9.59 Å². The predicted octanol–water partition coefficient (Wildman–Crippen LogP) is 2.02. The molecular formula is C16H20NO3-. The van der Waals surface area contributed by atoms with Gasteiger partial charge in [0.1, 0.15) is 0 Å². The highest BCUT2D eigenvalue weighted by atomic mass is 16.4. The number of benzene rings is 1. The third kappa shape index (κ3) is 3.59. The molecule has 0 aliphatic heterocycles. The summed E-state index contributed by atoms with van der Waals surface area (Å²) in [4.78, 5) is 23.1. The van der Waals surface area contributed by atoms with E-state index in [1.807, 2.05) is 31.2 Å². The Morgan fingerprint density at radius 1 is 1.20 bits per heavy atom. The van der Waals surface area contributed by atoms with Gasteiger partial charge in [0.2, 0.25) is 5.91 Å². The molecule has 1 aliphatic rings. The molecule has 4 nitrogen and oxygen atoms in total. The van der Waals surface area contributed by atoms with Crippen LogP contribution in [0.25, 0.3) is 0 Å². The van der Waals surface area contributed by atoms with Gasteiger partial charge in [-0.05, 0) is 43.2 Å². The monoisotopic (exact) mass is 274 g/mol. The van der Waals surface area contributed by atoms with Gasteiger partial charge in [0.15, 0.2) is 0 Å². The third-order valence-corrected chi connectivity index (χ3v) is 4.14. The molecule has 1 N–H and O–H groups in total. The van der Waals surface area contributed by atoms with E-state index >= 15 is 0 Å². The van der Waals surface area contributed by atoms with Gasteiger partial charge in [-0.15, -0.1) is 0 Å². The van der Waals surface area contributed by atoms with Crippen LogP contribution in [0.4, 0.5) is 5.69 Å². The van der Waals surface area contributed by atoms with Crippen LogP contribution in [0.2, 0.25) is 0 Å². The topological polar surface area (TPSA) is 69.2 Å². The van der Waals surface area contributed by atoms with E-state index in [9.17, 15) is 14.7 Å². The lowest BCUT2D eigenvalue weighted by Gasteiger charge is -2.28. The largest absolute Gasteiger partial charge is 0.550 e. The SMILES string of the molecule is Cc1ccccc1NC(=O)CC1(CC(=O)[O-])CCCC1. The van der Waals surface area contributed by atoms with Gasteiger partial charge in [0.05, 0.1) is 0 Å². The maximum atomic E-state index is 12.2. The average Bonchev–Trinajstić information content (AvgIpc) is 2.79. The molecule has 20 heavy (non-hydrogen) atoms. The molecule has 0 unspecified atom stereocenters. The van der Waals surface area contributed by atoms with Crippen molar-refractivity contribution in [2.24, 2.45) is 5.41 Å². The fourth-order valence-corrected chi connectivity index (χ4v) is 3.10. The normalized spacial score (nSPS) is 16.9. The summed E-state index contributed by atoms with van der Waals surface area (Å²) in [5.41, 5.74) is 1.38. The summed E-state index contributed by atoms with van der Waals surface area (Å²) >= 11 is 0. The van der Waals surface area contributed by atoms with Gasteiger partial charge < -0.3 is 15.2 Å². The summed E-state index contributed by atoms with van der Waals surface area (Å²) < 4.78 is 0. The summed E-state index contributed by atoms with van der Waals surface area (Å²) in [6, 6.07) is 7.57. The lowest BCUT2D eigenvalue weighted by atomic mass is 9.79. The van der Waals surface area contributed by atoms with Crippen molar-refractivity contribution in [3.05, 3.63) is 29.8 Å². The van der Waals surface area contributed by atoms with Gasteiger partial charge in [-0.25, -0.2) is 0 Å². The van der Waals surface area contributed by atoms with Crippen molar-refractivity contribution in [1.29, 1.82) is 0 Å². The fourth-order valence-electron chi connectivity index (χ4n) is 3.10. The lowest BCUT2D eigenvalue weighted by Crippen LogP contribution is -2.33. The Balaban J connectivity index is 2.02. The summed E-state index contributed by atoms with van der Waals surface area (Å²) in [5, 5.41) is 13.8. The number of amides is 1. The van der Waals surface area contributed by atoms with E-state index < -0.39 is 11.4 Å². The minimum absolute atomic E-state index is 0.0197. The predicted molar refractivity (Wildman–Crippen MR) is 75.0 cm³/mol. The van der Waals surface area contributed by atoms with Gasteiger partial charge in [0, 0.05) is 18.1 Å². The molecule has 2 rings (SSSR count). The minimum Gasteiger partial charge on any atom is -0.550 e. The number of nitrogens with one attached hydrogen (secondary N) is 1. The number of rotatable bonds is 5. The van der Waals surface area contributed by atoms with Crippen molar-refractivity contribution in [3.8, 4) is 0 Å². The van der Waals surface area contributed by atoms with Gasteiger partial charge >= 0.3 is 0 Å². The number of hydrogen-bond acceptors (Lipinski definition) is 3. The zero-order valence-corrected chi connectivity index (χ0v) is 11.8. The van der Waals surface area contributed by atoms with E-state index in [0.29, 0.717) is 0 Å². The molecule has 1 saturated carbocycles. The number of hydrogen-bond donors (Lipinski definition) is 1. The first kappa shape index (κ1) is 14.6. The van der Waals surface area contributed by atoms with Crippen LogP contribution < -0.4 is 10.4 Å². The second-order valence-corrected chi connectivity index (χ2v) is 5.80. The van der Waals surface area contributed by atoms with Crippen molar-refractivity contribution in [2.45, 2.75) is 45.4 Å². The van der Waals surface area contributed by atoms with E-state index in [-0.39, 0.29) is 18.7 Å². The standard InChI is InChI=1S/C16H21NO3/c1-12-6-2-3-7-13(12)17-14(18)10-16(11-15(19)20)8-4-5-9-16/h2-3,6-7H,4-5,8-11H2,1H3,(H,17,18)(H,19,20)/p-1. The minimum atomic E-state index is -1.06. The number of anilines is 1. The lowest BCUT2D eigenvalue weighted by molar-refractivity contribution is -0.308. The van der Waals surface area contributed by atoms with Gasteiger partial charge in [-0.3, -0.25) is 4.79 Å². The Bertz CT molecular complexity index is 504. The highest BCUT2D eigenvalue weighted by molar-refractivity contribution is 5.92. The Hall–Kier alpha value is -1.84. The average molecular weight is 274 g/mol. The smallest absolute Gasteiger partial charge is 0.224 e. The highest BCUT2D eigenvalue weighted by Crippen LogP contribution is 2.44. The van der Waals surface area contributed by atoms with Gasteiger partial charge in [-0.1, -0.05) is 31.0 Å².